The molecule has 144 valence electrons. The van der Waals surface area contributed by atoms with Crippen molar-refractivity contribution >= 4 is 11.6 Å². The van der Waals surface area contributed by atoms with Crippen LogP contribution < -0.4 is 4.90 Å². The molecule has 0 aliphatic heterocycles. The van der Waals surface area contributed by atoms with Gasteiger partial charge in [-0.1, -0.05) is 36.4 Å². The van der Waals surface area contributed by atoms with E-state index in [1.54, 1.807) is 29.2 Å². The number of para-hydroxylation sites is 1. The van der Waals surface area contributed by atoms with Gasteiger partial charge in [-0.15, -0.1) is 0 Å². The molecule has 0 heterocycles. The van der Waals surface area contributed by atoms with Gasteiger partial charge >= 0.3 is 6.18 Å². The van der Waals surface area contributed by atoms with E-state index in [2.05, 4.69) is 0 Å². The summed E-state index contributed by atoms with van der Waals surface area (Å²) >= 11 is 0. The monoisotopic (exact) mass is 385 g/mol. The van der Waals surface area contributed by atoms with Crippen molar-refractivity contribution in [3.05, 3.63) is 83.9 Å². The Balaban J connectivity index is 1.96. The van der Waals surface area contributed by atoms with Gasteiger partial charge in [-0.3, -0.25) is 4.79 Å². The lowest BCUT2D eigenvalue weighted by molar-refractivity contribution is -0.137. The number of anilines is 1. The molecule has 1 amide bonds. The number of rotatable bonds is 4. The number of aromatic hydroxyl groups is 1. The van der Waals surface area contributed by atoms with Crippen LogP contribution in [-0.2, 0) is 17.5 Å². The average molecular weight is 385 g/mol. The first-order valence-electron chi connectivity index (χ1n) is 8.58. The third kappa shape index (κ3) is 4.34. The second kappa shape index (κ2) is 7.76. The predicted molar refractivity (Wildman–Crippen MR) is 102 cm³/mol. The zero-order valence-corrected chi connectivity index (χ0v) is 15.1. The molecule has 0 fully saturated rings. The molecule has 0 saturated heterocycles. The van der Waals surface area contributed by atoms with E-state index in [9.17, 15) is 23.1 Å². The molecule has 0 radical (unpaired) electrons. The Bertz CT molecular complexity index is 985. The maximum Gasteiger partial charge on any atom is 0.416 e. The van der Waals surface area contributed by atoms with E-state index < -0.39 is 11.7 Å². The number of alkyl halides is 3. The van der Waals surface area contributed by atoms with Gasteiger partial charge in [0, 0.05) is 18.2 Å². The molecule has 0 aliphatic rings. The number of phenols is 1. The summed E-state index contributed by atoms with van der Waals surface area (Å²) in [5.41, 5.74) is 1.15. The van der Waals surface area contributed by atoms with Gasteiger partial charge in [0.15, 0.2) is 0 Å². The standard InChI is InChI=1S/C22H18F3NO2/c1-15(27)26(19-8-3-2-4-9-19)14-16-6-5-7-17(12-16)20-13-18(22(23,24)25)10-11-21(20)28/h2-13,28H,14H2,1H3. The summed E-state index contributed by atoms with van der Waals surface area (Å²) in [6, 6.07) is 18.7. The maximum absolute atomic E-state index is 13.0. The third-order valence-electron chi connectivity index (χ3n) is 4.35. The zero-order chi connectivity index (χ0) is 20.3. The summed E-state index contributed by atoms with van der Waals surface area (Å²) in [6.45, 7) is 1.71. The number of benzene rings is 3. The number of nitrogens with zero attached hydrogens (tertiary/aromatic N) is 1. The van der Waals surface area contributed by atoms with Gasteiger partial charge in [0.1, 0.15) is 5.75 Å². The summed E-state index contributed by atoms with van der Waals surface area (Å²) in [5, 5.41) is 10.1. The predicted octanol–water partition coefficient (Wildman–Crippen LogP) is 5.63. The maximum atomic E-state index is 13.0. The summed E-state index contributed by atoms with van der Waals surface area (Å²) in [4.78, 5) is 13.6. The lowest BCUT2D eigenvalue weighted by Gasteiger charge is -2.21. The highest BCUT2D eigenvalue weighted by Gasteiger charge is 2.31. The molecule has 3 aromatic rings. The number of hydrogen-bond donors (Lipinski definition) is 1. The molecule has 6 heteroatoms. The van der Waals surface area contributed by atoms with Crippen molar-refractivity contribution in [2.75, 3.05) is 4.90 Å². The fraction of sp³-hybridized carbons (Fsp3) is 0.136. The zero-order valence-electron chi connectivity index (χ0n) is 15.1. The minimum absolute atomic E-state index is 0.0887. The average Bonchev–Trinajstić information content (AvgIpc) is 2.66. The van der Waals surface area contributed by atoms with Crippen LogP contribution >= 0.6 is 0 Å². The van der Waals surface area contributed by atoms with Gasteiger partial charge < -0.3 is 10.0 Å². The van der Waals surface area contributed by atoms with E-state index in [-0.39, 0.29) is 23.8 Å². The van der Waals surface area contributed by atoms with E-state index in [1.807, 2.05) is 30.3 Å². The minimum atomic E-state index is -4.50. The van der Waals surface area contributed by atoms with Gasteiger partial charge in [-0.2, -0.15) is 13.2 Å². The topological polar surface area (TPSA) is 40.5 Å². The molecule has 0 spiro atoms. The van der Waals surface area contributed by atoms with Crippen LogP contribution in [-0.4, -0.2) is 11.0 Å². The summed E-state index contributed by atoms with van der Waals surface area (Å²) in [7, 11) is 0. The molecular formula is C22H18F3NO2. The third-order valence-corrected chi connectivity index (χ3v) is 4.35. The van der Waals surface area contributed by atoms with Gasteiger partial charge in [0.25, 0.3) is 0 Å². The van der Waals surface area contributed by atoms with Crippen LogP contribution in [0.5, 0.6) is 5.75 Å². The number of carbonyl (C=O) groups is 1. The second-order valence-corrected chi connectivity index (χ2v) is 6.37. The molecule has 3 nitrogen and oxygen atoms in total. The molecule has 28 heavy (non-hydrogen) atoms. The SMILES string of the molecule is CC(=O)N(Cc1cccc(-c2cc(C(F)(F)F)ccc2O)c1)c1ccccc1. The number of hydrogen-bond acceptors (Lipinski definition) is 2. The Labute approximate surface area is 160 Å². The fourth-order valence-corrected chi connectivity index (χ4v) is 2.96. The van der Waals surface area contributed by atoms with E-state index in [0.29, 0.717) is 5.56 Å². The quantitative estimate of drug-likeness (QED) is 0.632. The van der Waals surface area contributed by atoms with Crippen molar-refractivity contribution < 1.29 is 23.1 Å². The molecule has 3 aromatic carbocycles. The Morgan fingerprint density at radius 3 is 2.32 bits per heavy atom. The Morgan fingerprint density at radius 2 is 1.68 bits per heavy atom. The van der Waals surface area contributed by atoms with Crippen LogP contribution in [0.3, 0.4) is 0 Å². The van der Waals surface area contributed by atoms with Crippen LogP contribution in [0.4, 0.5) is 18.9 Å². The van der Waals surface area contributed by atoms with E-state index in [1.165, 1.54) is 6.92 Å². The Kier molecular flexibility index (Phi) is 5.40. The van der Waals surface area contributed by atoms with E-state index in [0.717, 1.165) is 29.4 Å². The highest BCUT2D eigenvalue weighted by atomic mass is 19.4. The van der Waals surface area contributed by atoms with Crippen molar-refractivity contribution in [1.82, 2.24) is 0 Å². The Morgan fingerprint density at radius 1 is 0.964 bits per heavy atom. The molecule has 0 atom stereocenters. The van der Waals surface area contributed by atoms with Crippen molar-refractivity contribution in [3.63, 3.8) is 0 Å². The second-order valence-electron chi connectivity index (χ2n) is 6.37. The number of carbonyl (C=O) groups excluding carboxylic acids is 1. The van der Waals surface area contributed by atoms with Crippen LogP contribution in [0.1, 0.15) is 18.1 Å². The summed E-state index contributed by atoms with van der Waals surface area (Å²) < 4.78 is 39.1. The molecule has 0 saturated carbocycles. The highest BCUT2D eigenvalue weighted by Crippen LogP contribution is 2.37. The van der Waals surface area contributed by atoms with Crippen molar-refractivity contribution in [2.45, 2.75) is 19.6 Å². The largest absolute Gasteiger partial charge is 0.507 e. The molecule has 0 bridgehead atoms. The Hall–Kier alpha value is -3.28. The minimum Gasteiger partial charge on any atom is -0.507 e. The first kappa shape index (κ1) is 19.5. The molecule has 3 rings (SSSR count). The first-order valence-corrected chi connectivity index (χ1v) is 8.58. The number of halogens is 3. The van der Waals surface area contributed by atoms with Crippen molar-refractivity contribution in [1.29, 1.82) is 0 Å². The smallest absolute Gasteiger partial charge is 0.416 e. The van der Waals surface area contributed by atoms with Crippen molar-refractivity contribution in [3.8, 4) is 16.9 Å². The fourth-order valence-electron chi connectivity index (χ4n) is 2.96. The highest BCUT2D eigenvalue weighted by molar-refractivity contribution is 5.91. The van der Waals surface area contributed by atoms with Gasteiger partial charge in [-0.25, -0.2) is 0 Å². The number of phenolic OH excluding ortho intramolecular Hbond substituents is 1. The van der Waals surface area contributed by atoms with Gasteiger partial charge in [0.2, 0.25) is 5.91 Å². The molecule has 0 unspecified atom stereocenters. The molecule has 1 N–H and O–H groups in total. The van der Waals surface area contributed by atoms with Crippen LogP contribution in [0.15, 0.2) is 72.8 Å². The molecule has 0 aliphatic carbocycles. The van der Waals surface area contributed by atoms with Crippen LogP contribution in [0, 0.1) is 0 Å². The van der Waals surface area contributed by atoms with E-state index >= 15 is 0 Å². The van der Waals surface area contributed by atoms with Crippen molar-refractivity contribution in [2.24, 2.45) is 0 Å². The van der Waals surface area contributed by atoms with E-state index in [4.69, 9.17) is 0 Å². The van der Waals surface area contributed by atoms with Gasteiger partial charge in [-0.05, 0) is 47.5 Å². The molecule has 0 aromatic heterocycles. The van der Waals surface area contributed by atoms with Crippen LogP contribution in [0.2, 0.25) is 0 Å². The lowest BCUT2D eigenvalue weighted by atomic mass is 9.99. The summed E-state index contributed by atoms with van der Waals surface area (Å²) in [6.07, 6.45) is -4.50. The number of amides is 1. The van der Waals surface area contributed by atoms with Gasteiger partial charge in [0.05, 0.1) is 12.1 Å². The summed E-state index contributed by atoms with van der Waals surface area (Å²) in [5.74, 6) is -0.393. The first-order chi connectivity index (χ1) is 13.3. The van der Waals surface area contributed by atoms with Crippen LogP contribution in [0.25, 0.3) is 11.1 Å². The normalized spacial score (nSPS) is 11.3. The lowest BCUT2D eigenvalue weighted by Crippen LogP contribution is -2.27. The molecular weight excluding hydrogens is 367 g/mol.